The first kappa shape index (κ1) is 27.9. The first-order valence-corrected chi connectivity index (χ1v) is 15.9. The largest absolute Gasteiger partial charge is 0.508 e. The number of rotatable bonds is 6. The lowest BCUT2D eigenvalue weighted by Gasteiger charge is -2.44. The minimum Gasteiger partial charge on any atom is -0.508 e. The molecule has 0 radical (unpaired) electrons. The molecule has 1 N–H and O–H groups in total. The van der Waals surface area contributed by atoms with Crippen molar-refractivity contribution in [1.29, 1.82) is 0 Å². The maximum absolute atomic E-state index is 16.8. The highest BCUT2D eigenvalue weighted by atomic mass is 19.1. The summed E-state index contributed by atoms with van der Waals surface area (Å²) in [7, 11) is 2.20. The van der Waals surface area contributed by atoms with Crippen molar-refractivity contribution in [3.63, 3.8) is 0 Å². The predicted octanol–water partition coefficient (Wildman–Crippen LogP) is 6.01. The van der Waals surface area contributed by atoms with Gasteiger partial charge in [0.2, 0.25) is 0 Å². The SMILES string of the molecule is CCc1c(F)ccc2cc(O)cc(-c3ncc4c(N5CCOC6CC65)nc(OCC56CCCC5N(C)CCC6)nc4c3F)c12. The molecule has 2 saturated heterocycles. The van der Waals surface area contributed by atoms with Crippen LogP contribution in [0.15, 0.2) is 30.5 Å². The van der Waals surface area contributed by atoms with Crippen LogP contribution in [0.2, 0.25) is 0 Å². The standard InChI is InChI=1S/C34H37F2N5O3/c1-3-21-24(35)8-7-19-14-20(42)15-22(28(19)21)30-29(36)31-23(17-37-30)32(41-12-13-43-26-16-25(26)41)39-33(38-31)44-18-34-9-4-6-27(34)40(2)11-5-10-34/h7-8,14-15,17,25-27,42H,3-6,9-13,16,18H2,1-2H3. The van der Waals surface area contributed by atoms with Crippen molar-refractivity contribution >= 4 is 27.5 Å². The molecule has 0 spiro atoms. The molecule has 4 aliphatic rings. The number of morpholine rings is 1. The molecule has 2 saturated carbocycles. The average Bonchev–Trinajstić information content (AvgIpc) is 3.70. The maximum atomic E-state index is 16.8. The zero-order valence-electron chi connectivity index (χ0n) is 25.2. The van der Waals surface area contributed by atoms with E-state index in [2.05, 4.69) is 26.8 Å². The van der Waals surface area contributed by atoms with E-state index in [0.717, 1.165) is 38.6 Å². The minimum atomic E-state index is -0.649. The van der Waals surface area contributed by atoms with E-state index < -0.39 is 5.82 Å². The lowest BCUT2D eigenvalue weighted by molar-refractivity contribution is 0.0133. The number of halogens is 2. The van der Waals surface area contributed by atoms with Crippen LogP contribution >= 0.6 is 0 Å². The molecule has 4 heterocycles. The molecule has 0 amide bonds. The molecule has 2 aromatic carbocycles. The molecule has 44 heavy (non-hydrogen) atoms. The molecule has 2 aliphatic carbocycles. The van der Waals surface area contributed by atoms with Crippen molar-refractivity contribution in [2.45, 2.75) is 70.1 Å². The molecule has 0 bridgehead atoms. The van der Waals surface area contributed by atoms with Gasteiger partial charge in [-0.25, -0.2) is 8.78 Å². The first-order valence-electron chi connectivity index (χ1n) is 15.9. The van der Waals surface area contributed by atoms with Gasteiger partial charge in [-0.1, -0.05) is 19.4 Å². The van der Waals surface area contributed by atoms with Crippen molar-refractivity contribution in [1.82, 2.24) is 19.9 Å². The Morgan fingerprint density at radius 2 is 2.00 bits per heavy atom. The van der Waals surface area contributed by atoms with Gasteiger partial charge in [0, 0.05) is 29.8 Å². The third kappa shape index (κ3) is 4.40. The van der Waals surface area contributed by atoms with Gasteiger partial charge in [0.1, 0.15) is 28.6 Å². The quantitative estimate of drug-likeness (QED) is 0.288. The number of pyridine rings is 1. The molecule has 4 aromatic rings. The van der Waals surface area contributed by atoms with E-state index >= 15 is 4.39 Å². The number of aryl methyl sites for hydroxylation is 1. The Hall–Kier alpha value is -3.63. The molecule has 4 atom stereocenters. The maximum Gasteiger partial charge on any atom is 0.319 e. The van der Waals surface area contributed by atoms with E-state index in [4.69, 9.17) is 14.5 Å². The molecular weight excluding hydrogens is 564 g/mol. The number of likely N-dealkylation sites (tertiary alicyclic amines) is 1. The zero-order valence-corrected chi connectivity index (χ0v) is 25.2. The normalized spacial score (nSPS) is 26.6. The number of phenolic OH excluding ortho intramolecular Hbond substituents is 1. The van der Waals surface area contributed by atoms with E-state index in [1.807, 2.05) is 6.92 Å². The Labute approximate surface area is 255 Å². The summed E-state index contributed by atoms with van der Waals surface area (Å²) in [5.74, 6) is -0.478. The number of nitrogens with zero attached hydrogens (tertiary/aromatic N) is 5. The second-order valence-corrected chi connectivity index (χ2v) is 13.0. The third-order valence-electron chi connectivity index (χ3n) is 10.5. The summed E-state index contributed by atoms with van der Waals surface area (Å²) in [5.41, 5.74) is 0.914. The van der Waals surface area contributed by atoms with Gasteiger partial charge in [0.05, 0.1) is 30.7 Å². The highest BCUT2D eigenvalue weighted by Gasteiger charge is 2.48. The van der Waals surface area contributed by atoms with Crippen LogP contribution in [0.25, 0.3) is 32.9 Å². The van der Waals surface area contributed by atoms with Gasteiger partial charge in [-0.3, -0.25) is 4.98 Å². The summed E-state index contributed by atoms with van der Waals surface area (Å²) in [6, 6.07) is 6.78. The lowest BCUT2D eigenvalue weighted by atomic mass is 9.76. The van der Waals surface area contributed by atoms with Crippen LogP contribution in [0.5, 0.6) is 11.8 Å². The molecule has 4 unspecified atom stereocenters. The number of anilines is 1. The van der Waals surface area contributed by atoms with E-state index in [9.17, 15) is 9.50 Å². The van der Waals surface area contributed by atoms with E-state index in [1.54, 1.807) is 18.3 Å². The highest BCUT2D eigenvalue weighted by molar-refractivity contribution is 6.01. The fourth-order valence-electron chi connectivity index (χ4n) is 8.31. The van der Waals surface area contributed by atoms with Crippen molar-refractivity contribution < 1.29 is 23.4 Å². The topological polar surface area (TPSA) is 83.8 Å². The number of hydrogen-bond donors (Lipinski definition) is 1. The minimum absolute atomic E-state index is 0.00364. The molecule has 8 rings (SSSR count). The molecular formula is C34H37F2N5O3. The van der Waals surface area contributed by atoms with Crippen LogP contribution in [-0.2, 0) is 11.2 Å². The van der Waals surface area contributed by atoms with Crippen LogP contribution in [0.1, 0.15) is 51.0 Å². The van der Waals surface area contributed by atoms with Gasteiger partial charge in [0.15, 0.2) is 5.82 Å². The van der Waals surface area contributed by atoms with E-state index in [0.29, 0.717) is 65.3 Å². The smallest absolute Gasteiger partial charge is 0.319 e. The van der Waals surface area contributed by atoms with Crippen LogP contribution in [0, 0.1) is 17.0 Å². The van der Waals surface area contributed by atoms with Crippen LogP contribution in [0.4, 0.5) is 14.6 Å². The Morgan fingerprint density at radius 3 is 2.86 bits per heavy atom. The monoisotopic (exact) mass is 601 g/mol. The van der Waals surface area contributed by atoms with Crippen LogP contribution in [-0.4, -0.2) is 76.5 Å². The van der Waals surface area contributed by atoms with Crippen molar-refractivity contribution in [2.24, 2.45) is 5.41 Å². The Morgan fingerprint density at radius 1 is 1.14 bits per heavy atom. The highest BCUT2D eigenvalue weighted by Crippen LogP contribution is 2.48. The number of ether oxygens (including phenoxy) is 2. The Kier molecular flexibility index (Phi) is 6.64. The van der Waals surface area contributed by atoms with Crippen molar-refractivity contribution in [2.75, 3.05) is 38.3 Å². The number of piperidine rings is 1. The van der Waals surface area contributed by atoms with Gasteiger partial charge in [-0.2, -0.15) is 9.97 Å². The lowest BCUT2D eigenvalue weighted by Crippen LogP contribution is -2.50. The van der Waals surface area contributed by atoms with Gasteiger partial charge >= 0.3 is 6.01 Å². The van der Waals surface area contributed by atoms with E-state index in [-0.39, 0.29) is 46.3 Å². The molecule has 2 aliphatic heterocycles. The summed E-state index contributed by atoms with van der Waals surface area (Å²) < 4.78 is 44.1. The summed E-state index contributed by atoms with van der Waals surface area (Å²) in [6.07, 6.45) is 8.68. The zero-order chi connectivity index (χ0) is 30.2. The number of hydrogen-bond acceptors (Lipinski definition) is 8. The van der Waals surface area contributed by atoms with Gasteiger partial charge in [-0.15, -0.1) is 0 Å². The number of phenols is 1. The number of benzene rings is 2. The van der Waals surface area contributed by atoms with Crippen molar-refractivity contribution in [3.8, 4) is 23.0 Å². The average molecular weight is 602 g/mol. The molecule has 4 fully saturated rings. The second kappa shape index (κ2) is 10.5. The molecule has 8 nitrogen and oxygen atoms in total. The summed E-state index contributed by atoms with van der Waals surface area (Å²) in [6.45, 7) is 4.63. The predicted molar refractivity (Wildman–Crippen MR) is 164 cm³/mol. The van der Waals surface area contributed by atoms with Crippen molar-refractivity contribution in [3.05, 3.63) is 47.7 Å². The third-order valence-corrected chi connectivity index (χ3v) is 10.5. The molecule has 10 heteroatoms. The molecule has 2 aromatic heterocycles. The summed E-state index contributed by atoms with van der Waals surface area (Å²) in [4.78, 5) is 18.8. The van der Waals surface area contributed by atoms with Crippen LogP contribution < -0.4 is 9.64 Å². The number of fused-ring (bicyclic) bond motifs is 4. The number of aromatic hydroxyl groups is 1. The fourth-order valence-corrected chi connectivity index (χ4v) is 8.31. The van der Waals surface area contributed by atoms with Crippen LogP contribution in [0.3, 0.4) is 0 Å². The fraction of sp³-hybridized carbons (Fsp3) is 0.500. The summed E-state index contributed by atoms with van der Waals surface area (Å²) >= 11 is 0. The number of aromatic nitrogens is 3. The Bertz CT molecular complexity index is 1790. The van der Waals surface area contributed by atoms with Gasteiger partial charge in [0.25, 0.3) is 0 Å². The molecule has 230 valence electrons. The Balaban J connectivity index is 1.27. The second-order valence-electron chi connectivity index (χ2n) is 13.0. The van der Waals surface area contributed by atoms with E-state index in [1.165, 1.54) is 18.6 Å². The first-order chi connectivity index (χ1) is 21.4. The van der Waals surface area contributed by atoms with Gasteiger partial charge < -0.3 is 24.4 Å². The summed E-state index contributed by atoms with van der Waals surface area (Å²) in [5, 5.41) is 12.2. The van der Waals surface area contributed by atoms with Gasteiger partial charge in [-0.05, 0) is 86.7 Å².